The van der Waals surface area contributed by atoms with E-state index in [1.165, 1.54) is 0 Å². The lowest BCUT2D eigenvalue weighted by Crippen LogP contribution is -2.40. The van der Waals surface area contributed by atoms with Crippen molar-refractivity contribution in [3.05, 3.63) is 35.9 Å². The normalized spacial score (nSPS) is 23.4. The molecule has 0 spiro atoms. The van der Waals surface area contributed by atoms with E-state index in [2.05, 4.69) is 5.48 Å². The van der Waals surface area contributed by atoms with Gasteiger partial charge in [-0.15, -0.1) is 0 Å². The Morgan fingerprint density at radius 3 is 2.76 bits per heavy atom. The Balaban J connectivity index is 1.76. The summed E-state index contributed by atoms with van der Waals surface area (Å²) in [7, 11) is -2.87. The SMILES string of the molecule is O=S1(=O)CCCC(NOCc2ccccc2)C1. The topological polar surface area (TPSA) is 55.4 Å². The fraction of sp³-hybridized carbons (Fsp3) is 0.500. The van der Waals surface area contributed by atoms with Crippen molar-refractivity contribution in [2.75, 3.05) is 11.5 Å². The predicted octanol–water partition coefficient (Wildman–Crippen LogP) is 1.28. The zero-order chi connectivity index (χ0) is 12.1. The molecule has 1 atom stereocenters. The van der Waals surface area contributed by atoms with Crippen LogP contribution in [-0.4, -0.2) is 26.0 Å². The van der Waals surface area contributed by atoms with E-state index in [-0.39, 0.29) is 11.8 Å². The van der Waals surface area contributed by atoms with Crippen molar-refractivity contribution in [2.24, 2.45) is 0 Å². The summed E-state index contributed by atoms with van der Waals surface area (Å²) in [6, 6.07) is 9.72. The molecule has 1 unspecified atom stereocenters. The van der Waals surface area contributed by atoms with Crippen molar-refractivity contribution >= 4 is 9.84 Å². The van der Waals surface area contributed by atoms with Crippen LogP contribution in [0.2, 0.25) is 0 Å². The van der Waals surface area contributed by atoms with E-state index in [0.29, 0.717) is 18.8 Å². The van der Waals surface area contributed by atoms with E-state index >= 15 is 0 Å². The van der Waals surface area contributed by atoms with Crippen LogP contribution in [0.25, 0.3) is 0 Å². The van der Waals surface area contributed by atoms with Gasteiger partial charge in [-0.3, -0.25) is 4.84 Å². The van der Waals surface area contributed by atoms with Gasteiger partial charge in [0.15, 0.2) is 9.84 Å². The molecule has 1 fully saturated rings. The van der Waals surface area contributed by atoms with E-state index < -0.39 is 9.84 Å². The van der Waals surface area contributed by atoms with Crippen LogP contribution in [0.5, 0.6) is 0 Å². The van der Waals surface area contributed by atoms with Gasteiger partial charge in [0.05, 0.1) is 18.1 Å². The highest BCUT2D eigenvalue weighted by Gasteiger charge is 2.24. The molecule has 1 aromatic rings. The molecule has 0 amide bonds. The molecule has 1 heterocycles. The van der Waals surface area contributed by atoms with Gasteiger partial charge in [-0.05, 0) is 18.4 Å². The predicted molar refractivity (Wildman–Crippen MR) is 66.0 cm³/mol. The summed E-state index contributed by atoms with van der Waals surface area (Å²) < 4.78 is 22.8. The smallest absolute Gasteiger partial charge is 0.151 e. The second kappa shape index (κ2) is 5.62. The molecule has 1 N–H and O–H groups in total. The van der Waals surface area contributed by atoms with Gasteiger partial charge >= 0.3 is 0 Å². The quantitative estimate of drug-likeness (QED) is 0.824. The Labute approximate surface area is 102 Å². The van der Waals surface area contributed by atoms with Crippen LogP contribution >= 0.6 is 0 Å². The van der Waals surface area contributed by atoms with Crippen LogP contribution in [0, 0.1) is 0 Å². The Morgan fingerprint density at radius 2 is 2.06 bits per heavy atom. The van der Waals surface area contributed by atoms with Gasteiger partial charge in [-0.1, -0.05) is 30.3 Å². The highest BCUT2D eigenvalue weighted by Crippen LogP contribution is 2.12. The van der Waals surface area contributed by atoms with Gasteiger partial charge in [0.25, 0.3) is 0 Å². The Morgan fingerprint density at radius 1 is 1.29 bits per heavy atom. The lowest BCUT2D eigenvalue weighted by atomic mass is 10.2. The first-order chi connectivity index (χ1) is 8.16. The maximum Gasteiger partial charge on any atom is 0.151 e. The third-order valence-corrected chi connectivity index (χ3v) is 4.62. The van der Waals surface area contributed by atoms with Gasteiger partial charge in [0.2, 0.25) is 0 Å². The summed E-state index contributed by atoms with van der Waals surface area (Å²) in [4.78, 5) is 5.34. The van der Waals surface area contributed by atoms with Gasteiger partial charge in [0.1, 0.15) is 0 Å². The Hall–Kier alpha value is -0.910. The Kier molecular flexibility index (Phi) is 4.15. The second-order valence-electron chi connectivity index (χ2n) is 4.35. The molecule has 1 saturated heterocycles. The zero-order valence-electron chi connectivity index (χ0n) is 9.63. The van der Waals surface area contributed by atoms with Crippen molar-refractivity contribution in [1.29, 1.82) is 0 Å². The number of hydroxylamine groups is 1. The minimum Gasteiger partial charge on any atom is -0.297 e. The summed E-state index contributed by atoms with van der Waals surface area (Å²) in [5.41, 5.74) is 3.91. The zero-order valence-corrected chi connectivity index (χ0v) is 10.4. The summed E-state index contributed by atoms with van der Waals surface area (Å²) in [5.74, 6) is 0.492. The maximum absolute atomic E-state index is 11.4. The number of nitrogens with one attached hydrogen (secondary N) is 1. The first kappa shape index (κ1) is 12.5. The summed E-state index contributed by atoms with van der Waals surface area (Å²) in [5, 5.41) is 0. The van der Waals surface area contributed by atoms with Crippen LogP contribution in [-0.2, 0) is 21.3 Å². The summed E-state index contributed by atoms with van der Waals surface area (Å²) in [6.45, 7) is 0.456. The van der Waals surface area contributed by atoms with Crippen LogP contribution in [0.1, 0.15) is 18.4 Å². The molecule has 0 radical (unpaired) electrons. The molecule has 0 aliphatic carbocycles. The average Bonchev–Trinajstić information content (AvgIpc) is 2.29. The fourth-order valence-corrected chi connectivity index (χ4v) is 3.55. The van der Waals surface area contributed by atoms with Gasteiger partial charge in [0, 0.05) is 6.04 Å². The summed E-state index contributed by atoms with van der Waals surface area (Å²) >= 11 is 0. The first-order valence-corrected chi connectivity index (χ1v) is 7.59. The van der Waals surface area contributed by atoms with E-state index in [0.717, 1.165) is 12.0 Å². The molecule has 0 saturated carbocycles. The number of benzene rings is 1. The molecule has 94 valence electrons. The molecule has 1 aliphatic heterocycles. The van der Waals surface area contributed by atoms with Crippen LogP contribution < -0.4 is 5.48 Å². The molecular weight excluding hydrogens is 238 g/mol. The van der Waals surface area contributed by atoms with Crippen LogP contribution in [0.3, 0.4) is 0 Å². The number of hydrogen-bond donors (Lipinski definition) is 1. The molecule has 0 bridgehead atoms. The van der Waals surface area contributed by atoms with Crippen LogP contribution in [0.4, 0.5) is 0 Å². The van der Waals surface area contributed by atoms with Gasteiger partial charge in [-0.25, -0.2) is 8.42 Å². The van der Waals surface area contributed by atoms with E-state index in [4.69, 9.17) is 4.84 Å². The van der Waals surface area contributed by atoms with Crippen molar-refractivity contribution in [1.82, 2.24) is 5.48 Å². The van der Waals surface area contributed by atoms with Gasteiger partial charge < -0.3 is 0 Å². The first-order valence-electron chi connectivity index (χ1n) is 5.77. The van der Waals surface area contributed by atoms with Crippen LogP contribution in [0.15, 0.2) is 30.3 Å². The van der Waals surface area contributed by atoms with E-state index in [1.807, 2.05) is 30.3 Å². The molecule has 5 heteroatoms. The number of sulfone groups is 1. The van der Waals surface area contributed by atoms with E-state index in [9.17, 15) is 8.42 Å². The standard InChI is InChI=1S/C12H17NO3S/c14-17(15)8-4-7-12(10-17)13-16-9-11-5-2-1-3-6-11/h1-3,5-6,12-13H,4,7-10H2. The van der Waals surface area contributed by atoms with Crippen molar-refractivity contribution < 1.29 is 13.3 Å². The second-order valence-corrected chi connectivity index (χ2v) is 6.57. The third kappa shape index (κ3) is 4.11. The lowest BCUT2D eigenvalue weighted by Gasteiger charge is -2.22. The largest absolute Gasteiger partial charge is 0.297 e. The molecule has 4 nitrogen and oxygen atoms in total. The maximum atomic E-state index is 11.4. The third-order valence-electron chi connectivity index (χ3n) is 2.79. The molecule has 1 aromatic carbocycles. The van der Waals surface area contributed by atoms with Crippen molar-refractivity contribution in [3.8, 4) is 0 Å². The summed E-state index contributed by atoms with van der Waals surface area (Å²) in [6.07, 6.45) is 1.57. The van der Waals surface area contributed by atoms with E-state index in [1.54, 1.807) is 0 Å². The van der Waals surface area contributed by atoms with Gasteiger partial charge in [-0.2, -0.15) is 5.48 Å². The highest BCUT2D eigenvalue weighted by atomic mass is 32.2. The Bertz CT molecular complexity index is 444. The monoisotopic (exact) mass is 255 g/mol. The number of hydrogen-bond acceptors (Lipinski definition) is 4. The molecule has 2 rings (SSSR count). The molecule has 0 aromatic heterocycles. The fourth-order valence-electron chi connectivity index (χ4n) is 1.93. The molecule has 17 heavy (non-hydrogen) atoms. The van der Waals surface area contributed by atoms with Crippen molar-refractivity contribution in [3.63, 3.8) is 0 Å². The lowest BCUT2D eigenvalue weighted by molar-refractivity contribution is 0.00570. The minimum atomic E-state index is -2.87. The number of rotatable bonds is 4. The molecule has 1 aliphatic rings. The van der Waals surface area contributed by atoms with Crippen molar-refractivity contribution in [2.45, 2.75) is 25.5 Å². The molecular formula is C12H17NO3S. The average molecular weight is 255 g/mol. The minimum absolute atomic E-state index is 0.0718. The highest BCUT2D eigenvalue weighted by molar-refractivity contribution is 7.91.